The predicted molar refractivity (Wildman–Crippen MR) is 67.2 cm³/mol. The molecule has 1 rings (SSSR count). The normalized spacial score (nSPS) is 10.9. The highest BCUT2D eigenvalue weighted by molar-refractivity contribution is 5.56. The zero-order valence-electron chi connectivity index (χ0n) is 9.96. The summed E-state index contributed by atoms with van der Waals surface area (Å²) in [5, 5.41) is 0. The van der Waals surface area contributed by atoms with Gasteiger partial charge in [-0.2, -0.15) is 0 Å². The fourth-order valence-electron chi connectivity index (χ4n) is 1.65. The van der Waals surface area contributed by atoms with E-state index in [4.69, 9.17) is 0 Å². The molecular weight excluding hydrogens is 182 g/mol. The van der Waals surface area contributed by atoms with Crippen LogP contribution in [0.4, 0.5) is 5.69 Å². The van der Waals surface area contributed by atoms with Crippen LogP contribution < -0.4 is 4.90 Å². The summed E-state index contributed by atoms with van der Waals surface area (Å²) in [6, 6.07) is 8.45. The van der Waals surface area contributed by atoms with Crippen LogP contribution in [0, 0.1) is 6.08 Å². The number of benzene rings is 1. The molecule has 0 atom stereocenters. The zero-order chi connectivity index (χ0) is 11.1. The van der Waals surface area contributed by atoms with Gasteiger partial charge < -0.3 is 4.90 Å². The number of para-hydroxylation sites is 1. The van der Waals surface area contributed by atoms with E-state index in [9.17, 15) is 0 Å². The summed E-state index contributed by atoms with van der Waals surface area (Å²) < 4.78 is 0. The number of nitrogens with zero attached hydrogens (tertiary/aromatic N) is 1. The lowest BCUT2D eigenvalue weighted by atomic mass is 10.1. The van der Waals surface area contributed by atoms with E-state index < -0.39 is 0 Å². The first kappa shape index (κ1) is 11.8. The van der Waals surface area contributed by atoms with Crippen molar-refractivity contribution in [3.8, 4) is 0 Å². The van der Waals surface area contributed by atoms with Crippen molar-refractivity contribution in [2.24, 2.45) is 0 Å². The molecule has 1 nitrogen and oxygen atoms in total. The maximum atomic E-state index is 3.35. The first-order valence-corrected chi connectivity index (χ1v) is 5.75. The highest BCUT2D eigenvalue weighted by Crippen LogP contribution is 2.20. The third-order valence-electron chi connectivity index (χ3n) is 2.47. The lowest BCUT2D eigenvalue weighted by molar-refractivity contribution is 0.863. The van der Waals surface area contributed by atoms with Crippen LogP contribution in [0.1, 0.15) is 32.8 Å². The Kier molecular flexibility index (Phi) is 4.96. The molecule has 1 aromatic carbocycles. The number of hydrogen-bond acceptors (Lipinski definition) is 1. The average molecular weight is 202 g/mol. The van der Waals surface area contributed by atoms with Crippen molar-refractivity contribution in [1.29, 1.82) is 0 Å². The summed E-state index contributed by atoms with van der Waals surface area (Å²) in [6.07, 6.45) is 6.47. The van der Waals surface area contributed by atoms with E-state index in [1.54, 1.807) is 0 Å². The molecule has 0 N–H and O–H groups in total. The van der Waals surface area contributed by atoms with Gasteiger partial charge in [0.2, 0.25) is 0 Å². The second kappa shape index (κ2) is 6.28. The molecule has 15 heavy (non-hydrogen) atoms. The highest BCUT2D eigenvalue weighted by Gasteiger charge is 2.04. The van der Waals surface area contributed by atoms with Gasteiger partial charge in [0.15, 0.2) is 0 Å². The molecule has 0 amide bonds. The van der Waals surface area contributed by atoms with Gasteiger partial charge in [0, 0.05) is 24.3 Å². The van der Waals surface area contributed by atoms with Crippen LogP contribution >= 0.6 is 0 Å². The molecule has 0 aromatic heterocycles. The first-order chi connectivity index (χ1) is 7.33. The Labute approximate surface area is 93.4 Å². The molecule has 0 aliphatic carbocycles. The Bertz CT molecular complexity index is 311. The smallest absolute Gasteiger partial charge is 0.0445 e. The van der Waals surface area contributed by atoms with Crippen molar-refractivity contribution in [2.75, 3.05) is 18.0 Å². The van der Waals surface area contributed by atoms with Crippen LogP contribution in [0.5, 0.6) is 0 Å². The van der Waals surface area contributed by atoms with Crippen LogP contribution in [0.3, 0.4) is 0 Å². The SMILES string of the molecule is CC/C=[C]/c1ccccc1N(CC)CC. The average Bonchev–Trinajstić information content (AvgIpc) is 2.29. The van der Waals surface area contributed by atoms with E-state index in [0.29, 0.717) is 0 Å². The van der Waals surface area contributed by atoms with Gasteiger partial charge in [-0.05, 0) is 32.4 Å². The molecule has 0 spiro atoms. The van der Waals surface area contributed by atoms with Crippen molar-refractivity contribution in [1.82, 2.24) is 0 Å². The zero-order valence-corrected chi connectivity index (χ0v) is 9.96. The molecule has 0 aliphatic heterocycles. The number of allylic oxidation sites excluding steroid dienone is 1. The van der Waals surface area contributed by atoms with Crippen LogP contribution in [0.25, 0.3) is 0 Å². The Hall–Kier alpha value is -1.24. The molecule has 0 aliphatic rings. The first-order valence-electron chi connectivity index (χ1n) is 5.75. The van der Waals surface area contributed by atoms with Crippen molar-refractivity contribution in [3.05, 3.63) is 42.0 Å². The van der Waals surface area contributed by atoms with Crippen molar-refractivity contribution in [2.45, 2.75) is 27.2 Å². The van der Waals surface area contributed by atoms with Gasteiger partial charge in [0.25, 0.3) is 0 Å². The minimum Gasteiger partial charge on any atom is -0.372 e. The summed E-state index contributed by atoms with van der Waals surface area (Å²) in [6.45, 7) is 8.59. The second-order valence-corrected chi connectivity index (χ2v) is 3.45. The third-order valence-corrected chi connectivity index (χ3v) is 2.47. The van der Waals surface area contributed by atoms with E-state index in [1.165, 1.54) is 11.3 Å². The van der Waals surface area contributed by atoms with Crippen LogP contribution in [0.15, 0.2) is 30.3 Å². The maximum Gasteiger partial charge on any atom is 0.0445 e. The lowest BCUT2D eigenvalue weighted by Crippen LogP contribution is -2.22. The Morgan fingerprint density at radius 3 is 2.40 bits per heavy atom. The fourth-order valence-corrected chi connectivity index (χ4v) is 1.65. The molecule has 0 heterocycles. The van der Waals surface area contributed by atoms with Crippen molar-refractivity contribution >= 4 is 5.69 Å². The topological polar surface area (TPSA) is 3.24 Å². The standard InChI is InChI=1S/C14H20N/c1-4-7-10-13-11-8-9-12-14(13)15(5-2)6-3/h7-9,11-12H,4-6H2,1-3H3. The summed E-state index contributed by atoms with van der Waals surface area (Å²) in [5.41, 5.74) is 2.48. The summed E-state index contributed by atoms with van der Waals surface area (Å²) >= 11 is 0. The largest absolute Gasteiger partial charge is 0.372 e. The van der Waals surface area contributed by atoms with Gasteiger partial charge in [-0.3, -0.25) is 0 Å². The summed E-state index contributed by atoms with van der Waals surface area (Å²) in [7, 11) is 0. The molecule has 1 aromatic rings. The monoisotopic (exact) mass is 202 g/mol. The van der Waals surface area contributed by atoms with Gasteiger partial charge in [-0.15, -0.1) is 0 Å². The second-order valence-electron chi connectivity index (χ2n) is 3.45. The molecule has 0 fully saturated rings. The van der Waals surface area contributed by atoms with E-state index in [-0.39, 0.29) is 0 Å². The quantitative estimate of drug-likeness (QED) is 0.704. The lowest BCUT2D eigenvalue weighted by Gasteiger charge is -2.22. The minimum absolute atomic E-state index is 1.03. The Balaban J connectivity index is 2.99. The summed E-state index contributed by atoms with van der Waals surface area (Å²) in [5.74, 6) is 0. The molecule has 0 saturated carbocycles. The van der Waals surface area contributed by atoms with Crippen LogP contribution in [-0.4, -0.2) is 13.1 Å². The van der Waals surface area contributed by atoms with E-state index >= 15 is 0 Å². The molecule has 1 radical (unpaired) electrons. The van der Waals surface area contributed by atoms with Crippen molar-refractivity contribution < 1.29 is 0 Å². The molecular formula is C14H20N. The molecule has 0 saturated heterocycles. The Morgan fingerprint density at radius 2 is 1.80 bits per heavy atom. The molecule has 1 heteroatoms. The van der Waals surface area contributed by atoms with E-state index in [1.807, 2.05) is 0 Å². The van der Waals surface area contributed by atoms with Gasteiger partial charge in [0.05, 0.1) is 0 Å². The van der Waals surface area contributed by atoms with E-state index in [2.05, 4.69) is 62.1 Å². The number of anilines is 1. The van der Waals surface area contributed by atoms with Gasteiger partial charge in [-0.25, -0.2) is 0 Å². The number of hydrogen-bond donors (Lipinski definition) is 0. The predicted octanol–water partition coefficient (Wildman–Crippen LogP) is 3.65. The molecule has 81 valence electrons. The molecule has 0 bridgehead atoms. The van der Waals surface area contributed by atoms with Crippen LogP contribution in [-0.2, 0) is 0 Å². The third kappa shape index (κ3) is 3.12. The van der Waals surface area contributed by atoms with Gasteiger partial charge >= 0.3 is 0 Å². The van der Waals surface area contributed by atoms with Gasteiger partial charge in [-0.1, -0.05) is 31.2 Å². The Morgan fingerprint density at radius 1 is 1.13 bits per heavy atom. The minimum atomic E-state index is 1.03. The highest BCUT2D eigenvalue weighted by atomic mass is 15.1. The summed E-state index contributed by atoms with van der Waals surface area (Å²) in [4.78, 5) is 2.35. The number of rotatable bonds is 5. The maximum absolute atomic E-state index is 3.35. The van der Waals surface area contributed by atoms with Crippen molar-refractivity contribution in [3.63, 3.8) is 0 Å². The van der Waals surface area contributed by atoms with Crippen LogP contribution in [0.2, 0.25) is 0 Å². The fraction of sp³-hybridized carbons (Fsp3) is 0.429. The molecule has 0 unspecified atom stereocenters. The van der Waals surface area contributed by atoms with E-state index in [0.717, 1.165) is 19.5 Å². The van der Waals surface area contributed by atoms with Gasteiger partial charge in [0.1, 0.15) is 0 Å².